The van der Waals surface area contributed by atoms with Crippen LogP contribution in [0.3, 0.4) is 0 Å². The van der Waals surface area contributed by atoms with Crippen molar-refractivity contribution >= 4 is 37.6 Å². The lowest BCUT2D eigenvalue weighted by molar-refractivity contribution is 0.555. The number of halogens is 3. The molecular formula is C10H12BrClFNO2S. The van der Waals surface area contributed by atoms with Gasteiger partial charge in [-0.3, -0.25) is 0 Å². The minimum absolute atomic E-state index is 0.255. The van der Waals surface area contributed by atoms with Crippen molar-refractivity contribution in [3.8, 4) is 0 Å². The molecule has 7 heteroatoms. The zero-order valence-corrected chi connectivity index (χ0v) is 12.1. The summed E-state index contributed by atoms with van der Waals surface area (Å²) in [6, 6.07) is 3.83. The summed E-state index contributed by atoms with van der Waals surface area (Å²) in [6.07, 6.45) is 1.34. The van der Waals surface area contributed by atoms with Gasteiger partial charge in [0.2, 0.25) is 10.0 Å². The number of alkyl halides is 1. The summed E-state index contributed by atoms with van der Waals surface area (Å²) in [7, 11) is -3.78. The van der Waals surface area contributed by atoms with Crippen LogP contribution in [0.4, 0.5) is 4.39 Å². The topological polar surface area (TPSA) is 46.2 Å². The van der Waals surface area contributed by atoms with E-state index in [2.05, 4.69) is 20.7 Å². The number of hydrogen-bond donors (Lipinski definition) is 1. The number of hydrogen-bond acceptors (Lipinski definition) is 2. The zero-order valence-electron chi connectivity index (χ0n) is 8.92. The first-order chi connectivity index (χ1) is 7.97. The van der Waals surface area contributed by atoms with Gasteiger partial charge in [-0.1, -0.05) is 15.9 Å². The molecule has 3 nitrogen and oxygen atoms in total. The third-order valence-electron chi connectivity index (χ3n) is 2.04. The van der Waals surface area contributed by atoms with E-state index in [-0.39, 0.29) is 11.4 Å². The Morgan fingerprint density at radius 1 is 1.35 bits per heavy atom. The fraction of sp³-hybridized carbons (Fsp3) is 0.400. The lowest BCUT2D eigenvalue weighted by Gasteiger charge is -2.07. The van der Waals surface area contributed by atoms with Gasteiger partial charge in [0.15, 0.2) is 0 Å². The highest BCUT2D eigenvalue weighted by atomic mass is 79.9. The second-order valence-corrected chi connectivity index (χ2v) is 6.40. The van der Waals surface area contributed by atoms with Crippen molar-refractivity contribution in [2.45, 2.75) is 17.7 Å². The first-order valence-corrected chi connectivity index (χ1v) is 7.79. The van der Waals surface area contributed by atoms with Gasteiger partial charge in [-0.25, -0.2) is 17.5 Å². The highest BCUT2D eigenvalue weighted by Crippen LogP contribution is 2.19. The van der Waals surface area contributed by atoms with Gasteiger partial charge in [0.05, 0.1) is 0 Å². The maximum absolute atomic E-state index is 13.5. The van der Waals surface area contributed by atoms with E-state index >= 15 is 0 Å². The third-order valence-corrected chi connectivity index (χ3v) is 4.29. The van der Waals surface area contributed by atoms with E-state index < -0.39 is 15.8 Å². The first kappa shape index (κ1) is 14.9. The predicted molar refractivity (Wildman–Crippen MR) is 69.2 cm³/mol. The molecule has 0 radical (unpaired) electrons. The second-order valence-electron chi connectivity index (χ2n) is 3.37. The molecule has 17 heavy (non-hydrogen) atoms. The van der Waals surface area contributed by atoms with Crippen LogP contribution in [0.1, 0.15) is 12.8 Å². The van der Waals surface area contributed by atoms with Crippen molar-refractivity contribution in [1.29, 1.82) is 0 Å². The van der Waals surface area contributed by atoms with Gasteiger partial charge in [0.1, 0.15) is 10.7 Å². The molecule has 0 heterocycles. The number of benzene rings is 1. The summed E-state index contributed by atoms with van der Waals surface area (Å²) >= 11 is 8.54. The highest BCUT2D eigenvalue weighted by molar-refractivity contribution is 9.10. The molecule has 0 saturated heterocycles. The van der Waals surface area contributed by atoms with Crippen molar-refractivity contribution in [2.75, 3.05) is 12.4 Å². The lowest BCUT2D eigenvalue weighted by Crippen LogP contribution is -2.25. The summed E-state index contributed by atoms with van der Waals surface area (Å²) in [5.74, 6) is -0.293. The molecule has 1 N–H and O–H groups in total. The van der Waals surface area contributed by atoms with Crippen LogP contribution >= 0.6 is 27.5 Å². The van der Waals surface area contributed by atoms with Gasteiger partial charge in [0, 0.05) is 16.9 Å². The van der Waals surface area contributed by atoms with Gasteiger partial charge in [-0.05, 0) is 31.0 Å². The molecule has 0 aromatic heterocycles. The van der Waals surface area contributed by atoms with Crippen LogP contribution in [0.2, 0.25) is 0 Å². The van der Waals surface area contributed by atoms with E-state index in [4.69, 9.17) is 11.6 Å². The van der Waals surface area contributed by atoms with Gasteiger partial charge in [-0.15, -0.1) is 11.6 Å². The van der Waals surface area contributed by atoms with Gasteiger partial charge in [-0.2, -0.15) is 0 Å². The molecule has 96 valence electrons. The fourth-order valence-corrected chi connectivity index (χ4v) is 2.85. The summed E-state index contributed by atoms with van der Waals surface area (Å²) < 4.78 is 39.7. The van der Waals surface area contributed by atoms with Crippen molar-refractivity contribution < 1.29 is 12.8 Å². The Morgan fingerprint density at radius 2 is 2.06 bits per heavy atom. The molecule has 0 aliphatic heterocycles. The van der Waals surface area contributed by atoms with Crippen LogP contribution in [-0.4, -0.2) is 20.8 Å². The highest BCUT2D eigenvalue weighted by Gasteiger charge is 2.18. The molecule has 1 rings (SSSR count). The van der Waals surface area contributed by atoms with Crippen LogP contribution in [-0.2, 0) is 10.0 Å². The average molecular weight is 345 g/mol. The summed E-state index contributed by atoms with van der Waals surface area (Å²) in [6.45, 7) is 0.255. The molecule has 0 fully saturated rings. The number of sulfonamides is 1. The maximum atomic E-state index is 13.5. The third kappa shape index (κ3) is 4.54. The molecule has 0 spiro atoms. The molecule has 1 aromatic rings. The Labute approximate surface area is 114 Å². The van der Waals surface area contributed by atoms with E-state index in [1.54, 1.807) is 0 Å². The number of unbranched alkanes of at least 4 members (excludes halogenated alkanes) is 1. The Kier molecular flexibility index (Phi) is 5.85. The van der Waals surface area contributed by atoms with Crippen LogP contribution in [0.15, 0.2) is 27.6 Å². The Hall–Kier alpha value is -0.170. The minimum Gasteiger partial charge on any atom is -0.211 e. The second kappa shape index (κ2) is 6.68. The lowest BCUT2D eigenvalue weighted by atomic mass is 10.3. The van der Waals surface area contributed by atoms with Gasteiger partial charge in [0.25, 0.3) is 0 Å². The van der Waals surface area contributed by atoms with Crippen molar-refractivity contribution in [3.63, 3.8) is 0 Å². The largest absolute Gasteiger partial charge is 0.243 e. The monoisotopic (exact) mass is 343 g/mol. The Balaban J connectivity index is 2.76. The van der Waals surface area contributed by atoms with E-state index in [0.29, 0.717) is 23.2 Å². The van der Waals surface area contributed by atoms with Crippen molar-refractivity contribution in [3.05, 3.63) is 28.5 Å². The molecular weight excluding hydrogens is 333 g/mol. The van der Waals surface area contributed by atoms with Crippen LogP contribution in [0, 0.1) is 5.82 Å². The van der Waals surface area contributed by atoms with E-state index in [1.165, 1.54) is 12.1 Å². The van der Waals surface area contributed by atoms with E-state index in [9.17, 15) is 12.8 Å². The smallest absolute Gasteiger partial charge is 0.211 e. The van der Waals surface area contributed by atoms with Gasteiger partial charge < -0.3 is 0 Å². The average Bonchev–Trinajstić information content (AvgIpc) is 2.24. The molecule has 0 atom stereocenters. The molecule has 0 unspecified atom stereocenters. The van der Waals surface area contributed by atoms with E-state index in [1.807, 2.05) is 0 Å². The Morgan fingerprint density at radius 3 is 2.65 bits per heavy atom. The minimum atomic E-state index is -3.78. The molecule has 0 aliphatic rings. The summed E-state index contributed by atoms with van der Waals surface area (Å²) in [4.78, 5) is -0.341. The SMILES string of the molecule is O=S(=O)(NCCCCCl)c1ccc(Br)cc1F. The molecule has 0 aliphatic carbocycles. The standard InChI is InChI=1S/C10H12BrClFNO2S/c11-8-3-4-10(9(13)7-8)17(15,16)14-6-2-1-5-12/h3-4,7,14H,1-2,5-6H2. The first-order valence-electron chi connectivity index (χ1n) is 4.98. The molecule has 0 saturated carbocycles. The molecule has 0 bridgehead atoms. The zero-order chi connectivity index (χ0) is 12.9. The number of rotatable bonds is 6. The van der Waals surface area contributed by atoms with Crippen LogP contribution < -0.4 is 4.72 Å². The Bertz CT molecular complexity index is 481. The van der Waals surface area contributed by atoms with Gasteiger partial charge >= 0.3 is 0 Å². The summed E-state index contributed by atoms with van der Waals surface area (Å²) in [5.41, 5.74) is 0. The van der Waals surface area contributed by atoms with E-state index in [0.717, 1.165) is 6.07 Å². The molecule has 1 aromatic carbocycles. The summed E-state index contributed by atoms with van der Waals surface area (Å²) in [5, 5.41) is 0. The van der Waals surface area contributed by atoms with Crippen molar-refractivity contribution in [2.24, 2.45) is 0 Å². The van der Waals surface area contributed by atoms with Crippen molar-refractivity contribution in [1.82, 2.24) is 4.72 Å². The normalized spacial score (nSPS) is 11.7. The maximum Gasteiger partial charge on any atom is 0.243 e. The van der Waals surface area contributed by atoms with Crippen LogP contribution in [0.5, 0.6) is 0 Å². The fourth-order valence-electron chi connectivity index (χ4n) is 1.20. The van der Waals surface area contributed by atoms with Crippen LogP contribution in [0.25, 0.3) is 0 Å². The quantitative estimate of drug-likeness (QED) is 0.637. The predicted octanol–water partition coefficient (Wildman–Crippen LogP) is 2.89. The number of nitrogens with one attached hydrogen (secondary N) is 1. The molecule has 0 amide bonds.